The normalized spacial score (nSPS) is 17.5. The first-order valence-electron chi connectivity index (χ1n) is 13.9. The Morgan fingerprint density at radius 2 is 1.68 bits per heavy atom. The summed E-state index contributed by atoms with van der Waals surface area (Å²) in [6, 6.07) is 9.77. The van der Waals surface area contributed by atoms with Crippen molar-refractivity contribution in [1.82, 2.24) is 4.90 Å². The molecule has 0 N–H and O–H groups in total. The zero-order valence-electron chi connectivity index (χ0n) is 23.2. The Morgan fingerprint density at radius 3 is 2.29 bits per heavy atom. The van der Waals surface area contributed by atoms with Gasteiger partial charge in [0.15, 0.2) is 23.1 Å². The van der Waals surface area contributed by atoms with Gasteiger partial charge >= 0.3 is 0 Å². The zero-order valence-corrected chi connectivity index (χ0v) is 24.0. The second-order valence-electron chi connectivity index (χ2n) is 10.3. The molecule has 0 amide bonds. The van der Waals surface area contributed by atoms with Gasteiger partial charge in [-0.05, 0) is 55.9 Å². The molecule has 0 saturated heterocycles. The fraction of sp³-hybridized carbons (Fsp3) is 0.419. The molecule has 1 heterocycles. The minimum Gasteiger partial charge on any atom is -0.490 e. The Hall–Kier alpha value is -3.69. The largest absolute Gasteiger partial charge is 0.490 e. The van der Waals surface area contributed by atoms with Crippen molar-refractivity contribution in [2.24, 2.45) is 0 Å². The lowest BCUT2D eigenvalue weighted by molar-refractivity contribution is -0.384. The molecule has 10 heteroatoms. The summed E-state index contributed by atoms with van der Waals surface area (Å²) in [4.78, 5) is 39.9. The van der Waals surface area contributed by atoms with E-state index in [1.807, 2.05) is 13.0 Å². The molecular weight excluding hydrogens is 548 g/mol. The number of nitro groups is 1. The van der Waals surface area contributed by atoms with Crippen LogP contribution in [0.25, 0.3) is 0 Å². The smallest absolute Gasteiger partial charge is 0.269 e. The number of methoxy groups -OCH3 is 1. The van der Waals surface area contributed by atoms with Crippen LogP contribution in [0.2, 0.25) is 5.02 Å². The maximum Gasteiger partial charge on any atom is 0.269 e. The van der Waals surface area contributed by atoms with Gasteiger partial charge in [0.25, 0.3) is 5.69 Å². The molecule has 9 nitrogen and oxygen atoms in total. The van der Waals surface area contributed by atoms with E-state index in [2.05, 4.69) is 4.90 Å². The van der Waals surface area contributed by atoms with Crippen LogP contribution in [0.4, 0.5) is 5.69 Å². The number of benzene rings is 2. The van der Waals surface area contributed by atoms with Crippen LogP contribution in [0.15, 0.2) is 58.9 Å². The number of ketones is 2. The molecule has 41 heavy (non-hydrogen) atoms. The summed E-state index contributed by atoms with van der Waals surface area (Å²) in [5, 5.41) is 11.5. The quantitative estimate of drug-likeness (QED) is 0.238. The van der Waals surface area contributed by atoms with E-state index in [0.717, 1.165) is 37.1 Å². The highest BCUT2D eigenvalue weighted by Crippen LogP contribution is 2.51. The van der Waals surface area contributed by atoms with Crippen LogP contribution in [0, 0.1) is 10.1 Å². The average Bonchev–Trinajstić information content (AvgIpc) is 2.95. The van der Waals surface area contributed by atoms with Crippen molar-refractivity contribution >= 4 is 28.9 Å². The highest BCUT2D eigenvalue weighted by molar-refractivity contribution is 6.32. The van der Waals surface area contributed by atoms with Crippen molar-refractivity contribution in [2.45, 2.75) is 58.0 Å². The number of hydrogen-bond acceptors (Lipinski definition) is 8. The SMILES string of the molecule is CCOc1cc(C2C3=C(CCCC3=O)N(CCOC)C3=C2C(=O)CCC3)cc(Cl)c1OCc1cccc([N+](=O)[O-])c1. The summed E-state index contributed by atoms with van der Waals surface area (Å²) in [7, 11) is 1.65. The Balaban J connectivity index is 1.58. The highest BCUT2D eigenvalue weighted by Gasteiger charge is 2.43. The summed E-state index contributed by atoms with van der Waals surface area (Å²) >= 11 is 6.82. The van der Waals surface area contributed by atoms with Crippen molar-refractivity contribution in [1.29, 1.82) is 0 Å². The van der Waals surface area contributed by atoms with E-state index in [-0.39, 0.29) is 28.9 Å². The van der Waals surface area contributed by atoms with Crippen molar-refractivity contribution in [3.8, 4) is 11.5 Å². The monoisotopic (exact) mass is 580 g/mol. The molecule has 2 aliphatic carbocycles. The fourth-order valence-corrected chi connectivity index (χ4v) is 6.35. The van der Waals surface area contributed by atoms with Gasteiger partial charge in [0.1, 0.15) is 6.61 Å². The summed E-state index contributed by atoms with van der Waals surface area (Å²) in [5.74, 6) is 0.238. The molecule has 2 aromatic carbocycles. The van der Waals surface area contributed by atoms with Crippen LogP contribution in [-0.4, -0.2) is 48.3 Å². The van der Waals surface area contributed by atoms with Gasteiger partial charge in [-0.2, -0.15) is 0 Å². The van der Waals surface area contributed by atoms with E-state index >= 15 is 0 Å². The summed E-state index contributed by atoms with van der Waals surface area (Å²) in [6.45, 7) is 3.28. The first kappa shape index (κ1) is 28.8. The Bertz CT molecular complexity index is 1400. The standard InChI is InChI=1S/C31H33ClN2O7/c1-3-40-27-17-20(16-22(32)31(27)41-18-19-7-4-8-21(15-19)34(37)38)28-29-23(9-5-11-25(29)35)33(13-14-39-2)24-10-6-12-26(36)30(24)28/h4,7-8,15-17,28H,3,5-6,9-14,18H2,1-2H3. The Morgan fingerprint density at radius 1 is 1.00 bits per heavy atom. The van der Waals surface area contributed by atoms with Gasteiger partial charge < -0.3 is 19.1 Å². The number of ether oxygens (including phenoxy) is 3. The molecule has 0 bridgehead atoms. The molecule has 216 valence electrons. The van der Waals surface area contributed by atoms with Crippen LogP contribution in [0.5, 0.6) is 11.5 Å². The minimum atomic E-state index is -0.540. The van der Waals surface area contributed by atoms with Gasteiger partial charge in [0.05, 0.1) is 23.2 Å². The number of carbonyl (C=O) groups is 2. The predicted octanol–water partition coefficient (Wildman–Crippen LogP) is 6.29. The minimum absolute atomic E-state index is 0.0307. The van der Waals surface area contributed by atoms with Crippen LogP contribution in [-0.2, 0) is 20.9 Å². The lowest BCUT2D eigenvalue weighted by atomic mass is 9.71. The second-order valence-corrected chi connectivity index (χ2v) is 10.7. The van der Waals surface area contributed by atoms with Gasteiger partial charge in [-0.15, -0.1) is 0 Å². The van der Waals surface area contributed by atoms with Crippen LogP contribution in [0.1, 0.15) is 62.5 Å². The molecule has 0 atom stereocenters. The third-order valence-corrected chi connectivity index (χ3v) is 8.06. The van der Waals surface area contributed by atoms with E-state index < -0.39 is 10.8 Å². The molecule has 0 unspecified atom stereocenters. The summed E-state index contributed by atoms with van der Waals surface area (Å²) in [5.41, 5.74) is 4.54. The van der Waals surface area contributed by atoms with Gasteiger partial charge in [-0.25, -0.2) is 0 Å². The predicted molar refractivity (Wildman–Crippen MR) is 153 cm³/mol. The molecule has 0 fully saturated rings. The van der Waals surface area contributed by atoms with Crippen molar-refractivity contribution in [2.75, 3.05) is 26.9 Å². The zero-order chi connectivity index (χ0) is 29.1. The Labute approximate surface area is 243 Å². The van der Waals surface area contributed by atoms with Gasteiger partial charge in [-0.3, -0.25) is 19.7 Å². The number of nitrogens with zero attached hydrogens (tertiary/aromatic N) is 2. The first-order chi connectivity index (χ1) is 19.8. The highest BCUT2D eigenvalue weighted by atomic mass is 35.5. The molecule has 1 aliphatic heterocycles. The maximum atomic E-state index is 13.5. The molecule has 3 aliphatic rings. The van der Waals surface area contributed by atoms with Crippen LogP contribution >= 0.6 is 11.6 Å². The van der Waals surface area contributed by atoms with Crippen LogP contribution in [0.3, 0.4) is 0 Å². The number of allylic oxidation sites excluding steroid dienone is 4. The van der Waals surface area contributed by atoms with E-state index in [1.165, 1.54) is 12.1 Å². The fourth-order valence-electron chi connectivity index (χ4n) is 6.08. The van der Waals surface area contributed by atoms with Crippen molar-refractivity contribution in [3.05, 3.63) is 85.2 Å². The number of rotatable bonds is 10. The van der Waals surface area contributed by atoms with Crippen LogP contribution < -0.4 is 9.47 Å². The van der Waals surface area contributed by atoms with Gasteiger partial charge in [-0.1, -0.05) is 23.7 Å². The Kier molecular flexibility index (Phi) is 8.75. The molecule has 0 aromatic heterocycles. The number of nitro benzene ring substituents is 1. The number of non-ortho nitro benzene ring substituents is 1. The lowest BCUT2D eigenvalue weighted by Crippen LogP contribution is -2.40. The topological polar surface area (TPSA) is 108 Å². The second kappa shape index (κ2) is 12.4. The van der Waals surface area contributed by atoms with Gasteiger partial charge in [0.2, 0.25) is 0 Å². The van der Waals surface area contributed by atoms with E-state index in [4.69, 9.17) is 25.8 Å². The number of Topliss-reactive ketones (excluding diaryl/α,β-unsaturated/α-hetero) is 2. The third-order valence-electron chi connectivity index (χ3n) is 7.78. The van der Waals surface area contributed by atoms with Crippen molar-refractivity contribution < 1.29 is 28.7 Å². The van der Waals surface area contributed by atoms with E-state index in [9.17, 15) is 19.7 Å². The molecule has 0 spiro atoms. The van der Waals surface area contributed by atoms with E-state index in [0.29, 0.717) is 66.4 Å². The number of hydrogen-bond donors (Lipinski definition) is 0. The van der Waals surface area contributed by atoms with E-state index in [1.54, 1.807) is 25.3 Å². The third kappa shape index (κ3) is 5.74. The van der Waals surface area contributed by atoms with Gasteiger partial charge in [0, 0.05) is 67.1 Å². The molecule has 0 radical (unpaired) electrons. The maximum absolute atomic E-state index is 13.5. The summed E-state index contributed by atoms with van der Waals surface area (Å²) in [6.07, 6.45) is 3.90. The molecular formula is C31H33ClN2O7. The summed E-state index contributed by atoms with van der Waals surface area (Å²) < 4.78 is 17.4. The molecule has 5 rings (SSSR count). The average molecular weight is 581 g/mol. The number of carbonyl (C=O) groups excluding carboxylic acids is 2. The molecule has 2 aromatic rings. The first-order valence-corrected chi connectivity index (χ1v) is 14.3. The lowest BCUT2D eigenvalue weighted by Gasteiger charge is -2.44. The van der Waals surface area contributed by atoms with Crippen molar-refractivity contribution in [3.63, 3.8) is 0 Å². The number of halogens is 1. The molecule has 0 saturated carbocycles.